The van der Waals surface area contributed by atoms with Gasteiger partial charge < -0.3 is 25.2 Å². The third-order valence-electron chi connectivity index (χ3n) is 8.81. The maximum atomic E-state index is 13.1. The average molecular weight is 652 g/mol. The van der Waals surface area contributed by atoms with Gasteiger partial charge in [0.25, 0.3) is 0 Å². The van der Waals surface area contributed by atoms with Crippen molar-refractivity contribution < 1.29 is 29.0 Å². The van der Waals surface area contributed by atoms with Gasteiger partial charge in [0.2, 0.25) is 11.8 Å². The Kier molecular flexibility index (Phi) is 11.7. The number of carbonyl (C=O) groups excluding carboxylic acids is 2. The topological polar surface area (TPSA) is 127 Å². The maximum absolute atomic E-state index is 13.1. The lowest BCUT2D eigenvalue weighted by molar-refractivity contribution is -0.131. The molecule has 0 saturated heterocycles. The zero-order valence-corrected chi connectivity index (χ0v) is 27.8. The summed E-state index contributed by atoms with van der Waals surface area (Å²) in [6.45, 7) is 4.62. The second-order valence-corrected chi connectivity index (χ2v) is 12.6. The Balaban J connectivity index is 1.18. The summed E-state index contributed by atoms with van der Waals surface area (Å²) in [7, 11) is 0. The first-order chi connectivity index (χ1) is 23.3. The summed E-state index contributed by atoms with van der Waals surface area (Å²) in [5.41, 5.74) is 1.73. The highest BCUT2D eigenvalue weighted by atomic mass is 16.5. The van der Waals surface area contributed by atoms with E-state index in [1.165, 1.54) is 44.6 Å². The number of ether oxygens (including phenoxy) is 2. The van der Waals surface area contributed by atoms with E-state index in [2.05, 4.69) is 22.5 Å². The molecule has 0 bridgehead atoms. The van der Waals surface area contributed by atoms with Crippen LogP contribution in [0, 0.1) is 12.3 Å². The Bertz CT molecular complexity index is 1710. The summed E-state index contributed by atoms with van der Waals surface area (Å²) in [5, 5.41) is 16.2. The van der Waals surface area contributed by atoms with E-state index >= 15 is 0 Å². The lowest BCUT2D eigenvalue weighted by Gasteiger charge is -2.16. The molecule has 0 aliphatic heterocycles. The molecule has 1 fully saturated rings. The molecular formula is C39H45N3O6. The standard InChI is InChI=1S/C39H45N3O6/c1-3-4-5-6-7-8-9-10-11-24-47-35-26-31-33(25-32(35)36(43)44)40-23-20-34(31)48-30-18-16-29(17-19-30)42-38(46)39(21-22-39)37(45)41-28-14-12-27(2)13-15-28/h12-20,23,25-26H,3-11,21-22,24H2,1-2H3,(H,41,45)(H,42,46)(H,43,44). The number of hydrogen-bond donors (Lipinski definition) is 3. The Labute approximate surface area is 282 Å². The number of nitrogens with one attached hydrogen (secondary N) is 2. The molecule has 252 valence electrons. The molecule has 5 rings (SSSR count). The number of aromatic carboxylic acids is 1. The van der Waals surface area contributed by atoms with Gasteiger partial charge in [-0.05, 0) is 80.8 Å². The summed E-state index contributed by atoms with van der Waals surface area (Å²) in [4.78, 5) is 42.5. The molecule has 9 heteroatoms. The van der Waals surface area contributed by atoms with Crippen LogP contribution in [0.25, 0.3) is 10.9 Å². The van der Waals surface area contributed by atoms with Crippen LogP contribution in [0.2, 0.25) is 0 Å². The van der Waals surface area contributed by atoms with E-state index in [-0.39, 0.29) is 23.1 Å². The van der Waals surface area contributed by atoms with Gasteiger partial charge in [-0.15, -0.1) is 0 Å². The van der Waals surface area contributed by atoms with Crippen LogP contribution in [-0.2, 0) is 9.59 Å². The van der Waals surface area contributed by atoms with Gasteiger partial charge >= 0.3 is 5.97 Å². The predicted molar refractivity (Wildman–Crippen MR) is 188 cm³/mol. The predicted octanol–water partition coefficient (Wildman–Crippen LogP) is 9.30. The number of amides is 2. The molecule has 3 aromatic carbocycles. The molecular weight excluding hydrogens is 606 g/mol. The van der Waals surface area contributed by atoms with E-state index < -0.39 is 11.4 Å². The molecule has 4 aromatic rings. The maximum Gasteiger partial charge on any atom is 0.339 e. The smallest absolute Gasteiger partial charge is 0.339 e. The third kappa shape index (κ3) is 8.91. The van der Waals surface area contributed by atoms with Crippen molar-refractivity contribution in [3.8, 4) is 17.2 Å². The molecule has 1 aliphatic carbocycles. The van der Waals surface area contributed by atoms with E-state index in [1.807, 2.05) is 31.2 Å². The largest absolute Gasteiger partial charge is 0.493 e. The molecule has 48 heavy (non-hydrogen) atoms. The zero-order valence-electron chi connectivity index (χ0n) is 27.8. The van der Waals surface area contributed by atoms with Crippen LogP contribution < -0.4 is 20.1 Å². The molecule has 1 heterocycles. The van der Waals surface area contributed by atoms with Crippen LogP contribution in [0.4, 0.5) is 11.4 Å². The van der Waals surface area contributed by atoms with Crippen molar-refractivity contribution in [2.75, 3.05) is 17.2 Å². The Morgan fingerprint density at radius 3 is 1.94 bits per heavy atom. The van der Waals surface area contributed by atoms with Crippen LogP contribution in [0.1, 0.15) is 93.5 Å². The van der Waals surface area contributed by atoms with Gasteiger partial charge in [-0.1, -0.05) is 76.0 Å². The van der Waals surface area contributed by atoms with E-state index in [9.17, 15) is 19.5 Å². The second-order valence-electron chi connectivity index (χ2n) is 12.6. The monoisotopic (exact) mass is 651 g/mol. The molecule has 0 radical (unpaired) electrons. The molecule has 1 saturated carbocycles. The van der Waals surface area contributed by atoms with Crippen molar-refractivity contribution >= 4 is 40.1 Å². The number of aromatic nitrogens is 1. The number of nitrogens with zero attached hydrogens (tertiary/aromatic N) is 1. The van der Waals surface area contributed by atoms with Gasteiger partial charge in [-0.25, -0.2) is 4.79 Å². The molecule has 9 nitrogen and oxygen atoms in total. The van der Waals surface area contributed by atoms with Crippen molar-refractivity contribution in [2.24, 2.45) is 5.41 Å². The van der Waals surface area contributed by atoms with Crippen molar-refractivity contribution in [1.82, 2.24) is 4.98 Å². The second kappa shape index (κ2) is 16.3. The van der Waals surface area contributed by atoms with Crippen LogP contribution in [-0.4, -0.2) is 34.5 Å². The third-order valence-corrected chi connectivity index (χ3v) is 8.81. The van der Waals surface area contributed by atoms with E-state index in [0.29, 0.717) is 53.2 Å². The highest BCUT2D eigenvalue weighted by molar-refractivity contribution is 6.16. The molecule has 3 N–H and O–H groups in total. The number of carboxylic acid groups (broad SMARTS) is 1. The highest BCUT2D eigenvalue weighted by Gasteiger charge is 2.56. The molecule has 2 amide bonds. The normalized spacial score (nSPS) is 13.1. The number of pyridine rings is 1. The number of aryl methyl sites for hydroxylation is 1. The van der Waals surface area contributed by atoms with Gasteiger partial charge in [0.15, 0.2) is 0 Å². The average Bonchev–Trinajstić information content (AvgIpc) is 3.90. The van der Waals surface area contributed by atoms with Gasteiger partial charge in [0.05, 0.1) is 12.1 Å². The molecule has 0 unspecified atom stereocenters. The summed E-state index contributed by atoms with van der Waals surface area (Å²) >= 11 is 0. The number of benzene rings is 3. The van der Waals surface area contributed by atoms with Crippen molar-refractivity contribution in [3.05, 3.63) is 84.1 Å². The Morgan fingerprint density at radius 1 is 0.771 bits per heavy atom. The fraction of sp³-hybridized carbons (Fsp3) is 0.385. The molecule has 0 atom stereocenters. The van der Waals surface area contributed by atoms with Crippen LogP contribution in [0.15, 0.2) is 72.9 Å². The first-order valence-corrected chi connectivity index (χ1v) is 17.1. The summed E-state index contributed by atoms with van der Waals surface area (Å²) in [6, 6.07) is 19.2. The number of carbonyl (C=O) groups is 3. The minimum Gasteiger partial charge on any atom is -0.493 e. The minimum atomic E-state index is -1.08. The first kappa shape index (κ1) is 34.4. The van der Waals surface area contributed by atoms with Crippen LogP contribution in [0.3, 0.4) is 0 Å². The van der Waals surface area contributed by atoms with Gasteiger partial charge in [0, 0.05) is 23.0 Å². The highest BCUT2D eigenvalue weighted by Crippen LogP contribution is 2.47. The van der Waals surface area contributed by atoms with Crippen molar-refractivity contribution in [3.63, 3.8) is 0 Å². The zero-order chi connectivity index (χ0) is 33.9. The minimum absolute atomic E-state index is 0.0594. The molecule has 1 aliphatic rings. The lowest BCUT2D eigenvalue weighted by Crippen LogP contribution is -2.35. The van der Waals surface area contributed by atoms with Gasteiger partial charge in [-0.3, -0.25) is 14.6 Å². The number of fused-ring (bicyclic) bond motifs is 1. The van der Waals surface area contributed by atoms with Gasteiger partial charge in [0.1, 0.15) is 28.2 Å². The lowest BCUT2D eigenvalue weighted by atomic mass is 10.0. The van der Waals surface area contributed by atoms with Gasteiger partial charge in [-0.2, -0.15) is 0 Å². The summed E-state index contributed by atoms with van der Waals surface area (Å²) < 4.78 is 12.2. The van der Waals surface area contributed by atoms with Crippen LogP contribution >= 0.6 is 0 Å². The summed E-state index contributed by atoms with van der Waals surface area (Å²) in [5.74, 6) is -0.443. The van der Waals surface area contributed by atoms with Crippen LogP contribution in [0.5, 0.6) is 17.2 Å². The number of anilines is 2. The Hall–Kier alpha value is -4.92. The fourth-order valence-electron chi connectivity index (χ4n) is 5.67. The first-order valence-electron chi connectivity index (χ1n) is 17.1. The quantitative estimate of drug-likeness (QED) is 0.0723. The van der Waals surface area contributed by atoms with Crippen molar-refractivity contribution in [2.45, 2.75) is 84.5 Å². The van der Waals surface area contributed by atoms with Crippen molar-refractivity contribution in [1.29, 1.82) is 0 Å². The fourth-order valence-corrected chi connectivity index (χ4v) is 5.67. The molecule has 0 spiro atoms. The van der Waals surface area contributed by atoms with E-state index in [4.69, 9.17) is 9.47 Å². The summed E-state index contributed by atoms with van der Waals surface area (Å²) in [6.07, 6.45) is 13.2. The SMILES string of the molecule is CCCCCCCCCCCOc1cc2c(Oc3ccc(NC(=O)C4(C(=O)Nc5ccc(C)cc5)CC4)cc3)ccnc2cc1C(=O)O. The number of rotatable bonds is 18. The number of hydrogen-bond acceptors (Lipinski definition) is 6. The number of carboxylic acids is 1. The Morgan fingerprint density at radius 2 is 1.35 bits per heavy atom. The van der Waals surface area contributed by atoms with E-state index in [1.54, 1.807) is 42.6 Å². The van der Waals surface area contributed by atoms with E-state index in [0.717, 1.165) is 24.8 Å². The number of unbranched alkanes of at least 4 members (excludes halogenated alkanes) is 8. The molecule has 1 aromatic heterocycles.